The molecule has 0 amide bonds. The fraction of sp³-hybridized carbons (Fsp3) is 0.250. The van der Waals surface area contributed by atoms with Crippen molar-refractivity contribution in [3.8, 4) is 11.3 Å². The molecule has 2 heterocycles. The van der Waals surface area contributed by atoms with Crippen molar-refractivity contribution in [1.82, 2.24) is 9.97 Å². The van der Waals surface area contributed by atoms with Crippen LogP contribution < -0.4 is 5.32 Å². The van der Waals surface area contributed by atoms with Crippen molar-refractivity contribution in [2.24, 2.45) is 0 Å². The van der Waals surface area contributed by atoms with Crippen molar-refractivity contribution in [3.05, 3.63) is 34.2 Å². The van der Waals surface area contributed by atoms with Crippen LogP contribution in [0.1, 0.15) is 11.3 Å². The van der Waals surface area contributed by atoms with Gasteiger partial charge in [0.25, 0.3) is 0 Å². The van der Waals surface area contributed by atoms with Gasteiger partial charge in [-0.15, -0.1) is 0 Å². The standard InChI is InChI=1S/C12H13N3OS/c1-6-2-3-7-8(4-6)13-10(16)5-9-11(7)15-12(17)14-9/h2-4,10,13,16H,5H2,1H3,(H2,14,15,17). The number of rotatable bonds is 0. The number of aromatic amines is 2. The predicted molar refractivity (Wildman–Crippen MR) is 69.5 cm³/mol. The van der Waals surface area contributed by atoms with E-state index in [-0.39, 0.29) is 0 Å². The molecule has 0 aliphatic carbocycles. The normalized spacial score (nSPS) is 17.9. The van der Waals surface area contributed by atoms with Crippen molar-refractivity contribution < 1.29 is 5.11 Å². The number of aliphatic hydroxyl groups is 1. The van der Waals surface area contributed by atoms with Crippen LogP contribution in [0.3, 0.4) is 0 Å². The number of aryl methyl sites for hydroxylation is 1. The molecule has 1 aromatic heterocycles. The highest BCUT2D eigenvalue weighted by Crippen LogP contribution is 2.33. The second-order valence-electron chi connectivity index (χ2n) is 4.35. The minimum atomic E-state index is -0.599. The molecule has 1 atom stereocenters. The SMILES string of the molecule is Cc1ccc2c(c1)NC(O)Cc1[nH]c(=S)[nH]c1-2. The van der Waals surface area contributed by atoms with E-state index in [9.17, 15) is 5.11 Å². The number of hydrogen-bond acceptors (Lipinski definition) is 3. The Kier molecular flexibility index (Phi) is 2.31. The van der Waals surface area contributed by atoms with Gasteiger partial charge in [0, 0.05) is 23.4 Å². The minimum absolute atomic E-state index is 0.510. The third-order valence-corrected chi connectivity index (χ3v) is 3.17. The number of anilines is 1. The topological polar surface area (TPSA) is 63.8 Å². The Morgan fingerprint density at radius 1 is 1.35 bits per heavy atom. The molecule has 0 saturated carbocycles. The molecule has 2 aromatic rings. The van der Waals surface area contributed by atoms with Gasteiger partial charge in [0.1, 0.15) is 6.23 Å². The van der Waals surface area contributed by atoms with Gasteiger partial charge in [0.05, 0.1) is 5.69 Å². The maximum atomic E-state index is 9.90. The molecule has 5 heteroatoms. The van der Waals surface area contributed by atoms with Crippen LogP contribution in [0.5, 0.6) is 0 Å². The molecule has 4 nitrogen and oxygen atoms in total. The third-order valence-electron chi connectivity index (χ3n) is 2.97. The first-order valence-electron chi connectivity index (χ1n) is 5.50. The molecular formula is C12H13N3OS. The average molecular weight is 247 g/mol. The van der Waals surface area contributed by atoms with E-state index in [1.165, 1.54) is 0 Å². The van der Waals surface area contributed by atoms with Gasteiger partial charge in [-0.2, -0.15) is 0 Å². The summed E-state index contributed by atoms with van der Waals surface area (Å²) in [6, 6.07) is 6.11. The molecule has 0 saturated heterocycles. The maximum absolute atomic E-state index is 9.90. The van der Waals surface area contributed by atoms with Gasteiger partial charge in [0.15, 0.2) is 4.77 Å². The number of nitrogens with one attached hydrogen (secondary N) is 3. The molecule has 3 rings (SSSR count). The van der Waals surface area contributed by atoms with Crippen LogP contribution >= 0.6 is 12.2 Å². The Morgan fingerprint density at radius 2 is 2.18 bits per heavy atom. The molecule has 0 radical (unpaired) electrons. The van der Waals surface area contributed by atoms with Crippen molar-refractivity contribution in [1.29, 1.82) is 0 Å². The van der Waals surface area contributed by atoms with Crippen LogP contribution in [-0.2, 0) is 6.42 Å². The number of fused-ring (bicyclic) bond motifs is 3. The van der Waals surface area contributed by atoms with Gasteiger partial charge in [-0.05, 0) is 30.8 Å². The molecule has 1 aromatic carbocycles. The lowest BCUT2D eigenvalue weighted by molar-refractivity contribution is 0.204. The number of hydrogen-bond donors (Lipinski definition) is 4. The van der Waals surface area contributed by atoms with Gasteiger partial charge in [0.2, 0.25) is 0 Å². The summed E-state index contributed by atoms with van der Waals surface area (Å²) in [6.45, 7) is 2.03. The molecule has 0 fully saturated rings. The smallest absolute Gasteiger partial charge is 0.175 e. The first-order chi connectivity index (χ1) is 8.13. The van der Waals surface area contributed by atoms with Gasteiger partial charge < -0.3 is 20.4 Å². The summed E-state index contributed by atoms with van der Waals surface area (Å²) in [4.78, 5) is 6.22. The lowest BCUT2D eigenvalue weighted by atomic mass is 10.1. The van der Waals surface area contributed by atoms with Crippen LogP contribution in [0.4, 0.5) is 5.69 Å². The Labute approximate surface area is 104 Å². The highest BCUT2D eigenvalue weighted by atomic mass is 32.1. The molecular weight excluding hydrogens is 234 g/mol. The summed E-state index contributed by atoms with van der Waals surface area (Å²) in [6.07, 6.45) is -0.0887. The van der Waals surface area contributed by atoms with E-state index < -0.39 is 6.23 Å². The van der Waals surface area contributed by atoms with E-state index in [2.05, 4.69) is 15.3 Å². The minimum Gasteiger partial charge on any atom is -0.373 e. The van der Waals surface area contributed by atoms with E-state index in [1.54, 1.807) is 0 Å². The van der Waals surface area contributed by atoms with Gasteiger partial charge in [-0.1, -0.05) is 12.1 Å². The molecule has 1 unspecified atom stereocenters. The van der Waals surface area contributed by atoms with E-state index in [0.29, 0.717) is 11.2 Å². The number of benzene rings is 1. The summed E-state index contributed by atoms with van der Waals surface area (Å²) in [5.41, 5.74) is 5.03. The highest BCUT2D eigenvalue weighted by molar-refractivity contribution is 7.71. The van der Waals surface area contributed by atoms with Crippen LogP contribution in [0, 0.1) is 11.7 Å². The summed E-state index contributed by atoms with van der Waals surface area (Å²) in [5, 5.41) is 13.0. The van der Waals surface area contributed by atoms with Crippen LogP contribution in [0.15, 0.2) is 18.2 Å². The zero-order valence-electron chi connectivity index (χ0n) is 9.37. The van der Waals surface area contributed by atoms with E-state index in [4.69, 9.17) is 12.2 Å². The fourth-order valence-electron chi connectivity index (χ4n) is 2.22. The predicted octanol–water partition coefficient (Wildman–Crippen LogP) is 2.33. The number of H-pyrrole nitrogens is 2. The Balaban J connectivity index is 2.28. The Hall–Kier alpha value is -1.59. The zero-order chi connectivity index (χ0) is 12.0. The molecule has 88 valence electrons. The second-order valence-corrected chi connectivity index (χ2v) is 4.75. The van der Waals surface area contributed by atoms with E-state index in [1.807, 2.05) is 25.1 Å². The van der Waals surface area contributed by atoms with Crippen LogP contribution in [0.2, 0.25) is 0 Å². The lowest BCUT2D eigenvalue weighted by Gasteiger charge is -2.12. The average Bonchev–Trinajstić information content (AvgIpc) is 2.53. The molecule has 0 spiro atoms. The van der Waals surface area contributed by atoms with Crippen LogP contribution in [0.25, 0.3) is 11.3 Å². The Bertz CT molecular complexity index is 629. The van der Waals surface area contributed by atoms with Crippen molar-refractivity contribution in [2.75, 3.05) is 5.32 Å². The quantitative estimate of drug-likeness (QED) is 0.540. The molecule has 1 aliphatic rings. The maximum Gasteiger partial charge on any atom is 0.175 e. The van der Waals surface area contributed by atoms with E-state index in [0.717, 1.165) is 28.2 Å². The van der Waals surface area contributed by atoms with Gasteiger partial charge >= 0.3 is 0 Å². The fourth-order valence-corrected chi connectivity index (χ4v) is 2.45. The zero-order valence-corrected chi connectivity index (χ0v) is 10.2. The van der Waals surface area contributed by atoms with Crippen LogP contribution in [-0.4, -0.2) is 21.3 Å². The molecule has 0 bridgehead atoms. The molecule has 1 aliphatic heterocycles. The highest BCUT2D eigenvalue weighted by Gasteiger charge is 2.20. The summed E-state index contributed by atoms with van der Waals surface area (Å²) >= 11 is 5.11. The second kappa shape index (κ2) is 3.72. The lowest BCUT2D eigenvalue weighted by Crippen LogP contribution is -2.20. The first-order valence-corrected chi connectivity index (χ1v) is 5.91. The number of aliphatic hydroxyl groups excluding tert-OH is 1. The van der Waals surface area contributed by atoms with Crippen molar-refractivity contribution in [2.45, 2.75) is 19.6 Å². The van der Waals surface area contributed by atoms with Gasteiger partial charge in [-0.3, -0.25) is 0 Å². The first kappa shape index (κ1) is 10.6. The number of aromatic nitrogens is 2. The Morgan fingerprint density at radius 3 is 3.00 bits per heavy atom. The number of imidazole rings is 1. The van der Waals surface area contributed by atoms with Crippen molar-refractivity contribution in [3.63, 3.8) is 0 Å². The third kappa shape index (κ3) is 1.77. The summed E-state index contributed by atoms with van der Waals surface area (Å²) in [7, 11) is 0. The van der Waals surface area contributed by atoms with E-state index >= 15 is 0 Å². The summed E-state index contributed by atoms with van der Waals surface area (Å²) < 4.78 is 0.593. The molecule has 17 heavy (non-hydrogen) atoms. The largest absolute Gasteiger partial charge is 0.373 e. The summed E-state index contributed by atoms with van der Waals surface area (Å²) in [5.74, 6) is 0. The molecule has 4 N–H and O–H groups in total. The van der Waals surface area contributed by atoms with Gasteiger partial charge in [-0.25, -0.2) is 0 Å². The monoisotopic (exact) mass is 247 g/mol. The van der Waals surface area contributed by atoms with Crippen molar-refractivity contribution >= 4 is 17.9 Å².